The fraction of sp³-hybridized carbons (Fsp3) is 0.375. The van der Waals surface area contributed by atoms with Crippen LogP contribution in [0.3, 0.4) is 0 Å². The lowest BCUT2D eigenvalue weighted by Crippen LogP contribution is -2.41. The number of carboxylic acid groups (broad SMARTS) is 1. The molecule has 1 aromatic carbocycles. The van der Waals surface area contributed by atoms with Gasteiger partial charge in [-0.1, -0.05) is 29.8 Å². The van der Waals surface area contributed by atoms with Crippen molar-refractivity contribution < 1.29 is 14.7 Å². The predicted octanol–water partition coefficient (Wildman–Crippen LogP) is 1.57. The van der Waals surface area contributed by atoms with Gasteiger partial charge in [-0.3, -0.25) is 4.79 Å². The Hall–Kier alpha value is -2.10. The van der Waals surface area contributed by atoms with E-state index in [1.807, 2.05) is 38.1 Å². The summed E-state index contributed by atoms with van der Waals surface area (Å²) in [5.74, 6) is -2.72. The number of allylic oxidation sites excluding steroid dienone is 2. The number of rotatable bonds is 3. The van der Waals surface area contributed by atoms with Crippen LogP contribution in [0.1, 0.15) is 24.0 Å². The van der Waals surface area contributed by atoms with Crippen LogP contribution >= 0.6 is 0 Å². The predicted molar refractivity (Wildman–Crippen MR) is 74.9 cm³/mol. The summed E-state index contributed by atoms with van der Waals surface area (Å²) in [7, 11) is 0. The van der Waals surface area contributed by atoms with Crippen molar-refractivity contribution in [3.05, 3.63) is 41.5 Å². The number of hydrogen-bond acceptors (Lipinski definition) is 3. The standard InChI is InChI=1S/C16H19NO3/c1-10-7-8-14(11(2)9-10)17-15(18)12-5-3-4-6-13(12)16(19)20/h3-4,7-9,12-13H,5-6H2,1-2H3,(H,17,18)(H,19,20)/p-1/t12-,13-/m1/s1. The summed E-state index contributed by atoms with van der Waals surface area (Å²) < 4.78 is 0. The van der Waals surface area contributed by atoms with Crippen molar-refractivity contribution in [1.29, 1.82) is 0 Å². The third kappa shape index (κ3) is 3.07. The van der Waals surface area contributed by atoms with Gasteiger partial charge in [0.2, 0.25) is 5.91 Å². The van der Waals surface area contributed by atoms with E-state index in [2.05, 4.69) is 5.32 Å². The number of amides is 1. The highest BCUT2D eigenvalue weighted by molar-refractivity contribution is 5.95. The van der Waals surface area contributed by atoms with Crippen molar-refractivity contribution in [2.45, 2.75) is 26.7 Å². The molecule has 0 radical (unpaired) electrons. The van der Waals surface area contributed by atoms with Crippen molar-refractivity contribution in [2.75, 3.05) is 5.32 Å². The Morgan fingerprint density at radius 3 is 2.40 bits per heavy atom. The third-order valence-corrected chi connectivity index (χ3v) is 3.71. The van der Waals surface area contributed by atoms with Crippen LogP contribution in [0.15, 0.2) is 30.4 Å². The van der Waals surface area contributed by atoms with Crippen molar-refractivity contribution in [2.24, 2.45) is 11.8 Å². The highest BCUT2D eigenvalue weighted by atomic mass is 16.4. The highest BCUT2D eigenvalue weighted by Crippen LogP contribution is 2.27. The van der Waals surface area contributed by atoms with Crippen LogP contribution in [0.25, 0.3) is 0 Å². The monoisotopic (exact) mass is 272 g/mol. The molecule has 1 N–H and O–H groups in total. The average Bonchev–Trinajstić information content (AvgIpc) is 2.41. The molecule has 0 aromatic heterocycles. The Labute approximate surface area is 118 Å². The zero-order valence-corrected chi connectivity index (χ0v) is 11.7. The third-order valence-electron chi connectivity index (χ3n) is 3.71. The van der Waals surface area contributed by atoms with Gasteiger partial charge in [0.25, 0.3) is 0 Å². The van der Waals surface area contributed by atoms with E-state index in [-0.39, 0.29) is 5.91 Å². The van der Waals surface area contributed by atoms with E-state index in [0.29, 0.717) is 12.8 Å². The van der Waals surface area contributed by atoms with E-state index in [9.17, 15) is 14.7 Å². The molecule has 0 unspecified atom stereocenters. The summed E-state index contributed by atoms with van der Waals surface area (Å²) in [5, 5.41) is 13.9. The maximum absolute atomic E-state index is 12.3. The molecule has 0 heterocycles. The molecule has 0 spiro atoms. The molecule has 4 heteroatoms. The Balaban J connectivity index is 2.14. The first kappa shape index (κ1) is 14.3. The number of carboxylic acids is 1. The number of aryl methyl sites for hydroxylation is 2. The molecule has 1 amide bonds. The maximum Gasteiger partial charge on any atom is 0.228 e. The van der Waals surface area contributed by atoms with Crippen molar-refractivity contribution >= 4 is 17.6 Å². The van der Waals surface area contributed by atoms with Crippen LogP contribution in [0, 0.1) is 25.7 Å². The molecule has 0 bridgehead atoms. The van der Waals surface area contributed by atoms with Crippen LogP contribution in [0.4, 0.5) is 5.69 Å². The van der Waals surface area contributed by atoms with E-state index < -0.39 is 17.8 Å². The van der Waals surface area contributed by atoms with Gasteiger partial charge in [-0.05, 0) is 38.3 Å². The summed E-state index contributed by atoms with van der Waals surface area (Å²) in [5.41, 5.74) is 2.82. The van der Waals surface area contributed by atoms with Crippen molar-refractivity contribution in [3.63, 3.8) is 0 Å². The second kappa shape index (κ2) is 5.90. The average molecular weight is 272 g/mol. The van der Waals surface area contributed by atoms with Crippen LogP contribution in [-0.2, 0) is 9.59 Å². The fourth-order valence-electron chi connectivity index (χ4n) is 2.54. The molecular formula is C16H18NO3-. The first-order chi connectivity index (χ1) is 9.49. The SMILES string of the molecule is Cc1ccc(NC(=O)[C@@H]2CC=CC[C@H]2C(=O)[O-])c(C)c1. The highest BCUT2D eigenvalue weighted by Gasteiger charge is 2.29. The van der Waals surface area contributed by atoms with Gasteiger partial charge in [-0.2, -0.15) is 0 Å². The van der Waals surface area contributed by atoms with Crippen molar-refractivity contribution in [3.8, 4) is 0 Å². The first-order valence-corrected chi connectivity index (χ1v) is 6.73. The topological polar surface area (TPSA) is 69.2 Å². The normalized spacial score (nSPS) is 21.5. The summed E-state index contributed by atoms with van der Waals surface area (Å²) in [6, 6.07) is 5.74. The smallest absolute Gasteiger partial charge is 0.228 e. The van der Waals surface area contributed by atoms with Gasteiger partial charge in [0.15, 0.2) is 0 Å². The Morgan fingerprint density at radius 1 is 1.15 bits per heavy atom. The zero-order valence-electron chi connectivity index (χ0n) is 11.7. The Bertz CT molecular complexity index is 563. The van der Waals surface area contributed by atoms with E-state index in [0.717, 1.165) is 16.8 Å². The zero-order chi connectivity index (χ0) is 14.7. The second-order valence-corrected chi connectivity index (χ2v) is 5.28. The molecule has 1 aliphatic carbocycles. The maximum atomic E-state index is 12.3. The fourth-order valence-corrected chi connectivity index (χ4v) is 2.54. The molecule has 1 aromatic rings. The molecule has 1 aliphatic rings. The van der Waals surface area contributed by atoms with E-state index >= 15 is 0 Å². The number of aliphatic carboxylic acids is 1. The van der Waals surface area contributed by atoms with Gasteiger partial charge in [0.05, 0.1) is 5.92 Å². The number of carbonyl (C=O) groups excluding carboxylic acids is 2. The first-order valence-electron chi connectivity index (χ1n) is 6.73. The molecule has 0 saturated carbocycles. The Morgan fingerprint density at radius 2 is 1.80 bits per heavy atom. The molecule has 0 saturated heterocycles. The number of carbonyl (C=O) groups is 2. The largest absolute Gasteiger partial charge is 0.550 e. The molecule has 2 atom stereocenters. The lowest BCUT2D eigenvalue weighted by atomic mass is 9.82. The van der Waals surface area contributed by atoms with E-state index in [1.54, 1.807) is 6.08 Å². The lowest BCUT2D eigenvalue weighted by molar-refractivity contribution is -0.313. The van der Waals surface area contributed by atoms with E-state index in [1.165, 1.54) is 0 Å². The van der Waals surface area contributed by atoms with Gasteiger partial charge >= 0.3 is 0 Å². The van der Waals surface area contributed by atoms with Gasteiger partial charge in [0.1, 0.15) is 0 Å². The lowest BCUT2D eigenvalue weighted by Gasteiger charge is -2.28. The van der Waals surface area contributed by atoms with Gasteiger partial charge in [-0.15, -0.1) is 0 Å². The second-order valence-electron chi connectivity index (χ2n) is 5.28. The number of anilines is 1. The number of benzene rings is 1. The molecule has 106 valence electrons. The van der Waals surface area contributed by atoms with Gasteiger partial charge in [0, 0.05) is 17.6 Å². The van der Waals surface area contributed by atoms with Crippen LogP contribution < -0.4 is 10.4 Å². The summed E-state index contributed by atoms with van der Waals surface area (Å²) >= 11 is 0. The van der Waals surface area contributed by atoms with Crippen LogP contribution in [0.5, 0.6) is 0 Å². The van der Waals surface area contributed by atoms with Crippen LogP contribution in [-0.4, -0.2) is 11.9 Å². The van der Waals surface area contributed by atoms with Gasteiger partial charge in [-0.25, -0.2) is 0 Å². The number of nitrogens with one attached hydrogen (secondary N) is 1. The molecule has 4 nitrogen and oxygen atoms in total. The minimum absolute atomic E-state index is 0.254. The van der Waals surface area contributed by atoms with Crippen molar-refractivity contribution in [1.82, 2.24) is 0 Å². The summed E-state index contributed by atoms with van der Waals surface area (Å²) in [6.45, 7) is 3.90. The quantitative estimate of drug-likeness (QED) is 0.849. The molecule has 0 aliphatic heterocycles. The Kier molecular flexibility index (Phi) is 4.23. The molecule has 2 rings (SSSR count). The minimum Gasteiger partial charge on any atom is -0.550 e. The van der Waals surface area contributed by atoms with E-state index in [4.69, 9.17) is 0 Å². The summed E-state index contributed by atoms with van der Waals surface area (Å²) in [4.78, 5) is 23.4. The molecular weight excluding hydrogens is 254 g/mol. The minimum atomic E-state index is -1.16. The summed E-state index contributed by atoms with van der Waals surface area (Å²) in [6.07, 6.45) is 4.44. The molecule has 0 fully saturated rings. The molecule has 20 heavy (non-hydrogen) atoms. The van der Waals surface area contributed by atoms with Gasteiger partial charge < -0.3 is 15.2 Å². The van der Waals surface area contributed by atoms with Crippen LogP contribution in [0.2, 0.25) is 0 Å². The number of hydrogen-bond donors (Lipinski definition) is 1.